The maximum absolute atomic E-state index is 12.3. The molecule has 0 aliphatic carbocycles. The zero-order valence-electron chi connectivity index (χ0n) is 12.6. The van der Waals surface area contributed by atoms with Crippen LogP contribution in [0.4, 0.5) is 11.5 Å². The largest absolute Gasteiger partial charge is 0.383 e. The van der Waals surface area contributed by atoms with E-state index in [9.17, 15) is 9.90 Å². The summed E-state index contributed by atoms with van der Waals surface area (Å²) in [6.07, 6.45) is 3.04. The first-order valence-electron chi connectivity index (χ1n) is 6.68. The van der Waals surface area contributed by atoms with E-state index in [1.807, 2.05) is 0 Å². The number of aromatic nitrogens is 2. The van der Waals surface area contributed by atoms with Gasteiger partial charge in [0.2, 0.25) is 0 Å². The average molecular weight is 375 g/mol. The maximum Gasteiger partial charge on any atom is 0.259 e. The Bertz CT molecular complexity index is 804. The van der Waals surface area contributed by atoms with Crippen LogP contribution in [-0.2, 0) is 0 Å². The number of anilines is 2. The van der Waals surface area contributed by atoms with Gasteiger partial charge in [0.1, 0.15) is 17.1 Å². The van der Waals surface area contributed by atoms with E-state index in [1.165, 1.54) is 12.4 Å². The Morgan fingerprint density at radius 2 is 2.13 bits per heavy atom. The van der Waals surface area contributed by atoms with Gasteiger partial charge in [-0.1, -0.05) is 5.92 Å². The maximum atomic E-state index is 12.3. The first-order chi connectivity index (χ1) is 10.7. The van der Waals surface area contributed by atoms with Gasteiger partial charge in [0, 0.05) is 22.6 Å². The first-order valence-corrected chi connectivity index (χ1v) is 7.48. The highest BCUT2D eigenvalue weighted by molar-refractivity contribution is 9.10. The lowest BCUT2D eigenvalue weighted by Crippen LogP contribution is -2.15. The van der Waals surface area contributed by atoms with Crippen molar-refractivity contribution < 1.29 is 9.90 Å². The van der Waals surface area contributed by atoms with E-state index in [4.69, 9.17) is 5.73 Å². The number of nitrogen functional groups attached to an aromatic ring is 1. The Labute approximate surface area is 142 Å². The van der Waals surface area contributed by atoms with Crippen molar-refractivity contribution in [2.45, 2.75) is 19.4 Å². The predicted molar refractivity (Wildman–Crippen MR) is 91.7 cm³/mol. The predicted octanol–water partition coefficient (Wildman–Crippen LogP) is 2.20. The summed E-state index contributed by atoms with van der Waals surface area (Å²) in [7, 11) is 0. The van der Waals surface area contributed by atoms with Gasteiger partial charge in [-0.15, -0.1) is 0 Å². The fraction of sp³-hybridized carbons (Fsp3) is 0.188. The molecule has 0 saturated carbocycles. The minimum Gasteiger partial charge on any atom is -0.383 e. The zero-order valence-corrected chi connectivity index (χ0v) is 14.2. The van der Waals surface area contributed by atoms with Crippen LogP contribution in [0, 0.1) is 11.8 Å². The molecule has 4 N–H and O–H groups in total. The van der Waals surface area contributed by atoms with Crippen LogP contribution in [0.3, 0.4) is 0 Å². The monoisotopic (exact) mass is 374 g/mol. The third kappa shape index (κ3) is 5.06. The van der Waals surface area contributed by atoms with Gasteiger partial charge < -0.3 is 16.2 Å². The Morgan fingerprint density at radius 3 is 2.83 bits per heavy atom. The van der Waals surface area contributed by atoms with Gasteiger partial charge in [-0.05, 0) is 53.9 Å². The third-order valence-corrected chi connectivity index (χ3v) is 3.08. The SMILES string of the molecule is CC(C)(O)C#Cc1cc(NC(=O)c2cc(Br)cnc2N)ccn1. The van der Waals surface area contributed by atoms with Crippen LogP contribution < -0.4 is 11.1 Å². The Kier molecular flexibility index (Phi) is 4.98. The van der Waals surface area contributed by atoms with Crippen LogP contribution in [0.15, 0.2) is 35.1 Å². The van der Waals surface area contributed by atoms with Crippen molar-refractivity contribution in [3.63, 3.8) is 0 Å². The lowest BCUT2D eigenvalue weighted by Gasteiger charge is -2.08. The summed E-state index contributed by atoms with van der Waals surface area (Å²) in [6, 6.07) is 4.83. The van der Waals surface area contributed by atoms with Crippen molar-refractivity contribution in [1.29, 1.82) is 0 Å². The number of nitrogens with two attached hydrogens (primary N) is 1. The number of hydrogen-bond acceptors (Lipinski definition) is 5. The van der Waals surface area contributed by atoms with E-state index in [0.717, 1.165) is 0 Å². The second-order valence-corrected chi connectivity index (χ2v) is 6.19. The number of halogens is 1. The van der Waals surface area contributed by atoms with Gasteiger partial charge in [-0.3, -0.25) is 4.79 Å². The van der Waals surface area contributed by atoms with E-state index < -0.39 is 5.60 Å². The van der Waals surface area contributed by atoms with Crippen molar-refractivity contribution in [2.24, 2.45) is 0 Å². The summed E-state index contributed by atoms with van der Waals surface area (Å²) in [6.45, 7) is 3.16. The van der Waals surface area contributed by atoms with Gasteiger partial charge in [-0.2, -0.15) is 0 Å². The number of nitrogens with one attached hydrogen (secondary N) is 1. The minimum atomic E-state index is -1.11. The van der Waals surface area contributed by atoms with Crippen LogP contribution >= 0.6 is 15.9 Å². The fourth-order valence-electron chi connectivity index (χ4n) is 1.62. The first kappa shape index (κ1) is 16.9. The molecule has 1 amide bonds. The molecule has 0 fully saturated rings. The summed E-state index contributed by atoms with van der Waals surface area (Å²) in [5.41, 5.74) is 5.82. The Balaban J connectivity index is 2.21. The van der Waals surface area contributed by atoms with Crippen LogP contribution in [0.5, 0.6) is 0 Å². The molecule has 118 valence electrons. The summed E-state index contributed by atoms with van der Waals surface area (Å²) >= 11 is 3.25. The molecule has 0 aliphatic heterocycles. The number of rotatable bonds is 2. The van der Waals surface area contributed by atoms with E-state index >= 15 is 0 Å². The van der Waals surface area contributed by atoms with Crippen LogP contribution in [0.25, 0.3) is 0 Å². The second kappa shape index (κ2) is 6.77. The molecule has 7 heteroatoms. The van der Waals surface area contributed by atoms with Crippen LogP contribution in [0.1, 0.15) is 29.9 Å². The molecular formula is C16H15BrN4O2. The lowest BCUT2D eigenvalue weighted by atomic mass is 10.1. The highest BCUT2D eigenvalue weighted by Crippen LogP contribution is 2.17. The van der Waals surface area contributed by atoms with Crippen molar-refractivity contribution in [3.05, 3.63) is 46.3 Å². The van der Waals surface area contributed by atoms with Crippen molar-refractivity contribution in [2.75, 3.05) is 11.1 Å². The molecule has 0 aromatic carbocycles. The van der Waals surface area contributed by atoms with Crippen LogP contribution in [0.2, 0.25) is 0 Å². The quantitative estimate of drug-likeness (QED) is 0.699. The normalized spacial score (nSPS) is 10.6. The van der Waals surface area contributed by atoms with E-state index in [1.54, 1.807) is 32.0 Å². The highest BCUT2D eigenvalue weighted by atomic mass is 79.9. The van der Waals surface area contributed by atoms with Gasteiger partial charge in [-0.25, -0.2) is 9.97 Å². The van der Waals surface area contributed by atoms with Crippen LogP contribution in [-0.4, -0.2) is 26.6 Å². The lowest BCUT2D eigenvalue weighted by molar-refractivity contribution is 0.102. The fourth-order valence-corrected chi connectivity index (χ4v) is 1.96. The number of hydrogen-bond donors (Lipinski definition) is 3. The molecule has 2 heterocycles. The molecule has 0 atom stereocenters. The number of carbonyl (C=O) groups is 1. The molecule has 0 bridgehead atoms. The molecule has 0 radical (unpaired) electrons. The molecule has 23 heavy (non-hydrogen) atoms. The molecule has 6 nitrogen and oxygen atoms in total. The smallest absolute Gasteiger partial charge is 0.259 e. The number of aliphatic hydroxyl groups is 1. The van der Waals surface area contributed by atoms with Gasteiger partial charge in [0.05, 0.1) is 5.56 Å². The molecule has 0 aliphatic rings. The minimum absolute atomic E-state index is 0.141. The molecule has 2 rings (SSSR count). The summed E-state index contributed by atoms with van der Waals surface area (Å²) in [5, 5.41) is 12.3. The van der Waals surface area contributed by atoms with Gasteiger partial charge >= 0.3 is 0 Å². The van der Waals surface area contributed by atoms with E-state index in [-0.39, 0.29) is 17.3 Å². The molecule has 2 aromatic rings. The average Bonchev–Trinajstić information content (AvgIpc) is 2.47. The molecular weight excluding hydrogens is 360 g/mol. The van der Waals surface area contributed by atoms with Gasteiger partial charge in [0.25, 0.3) is 5.91 Å². The number of amides is 1. The molecule has 2 aromatic heterocycles. The molecule has 0 saturated heterocycles. The van der Waals surface area contributed by atoms with Crippen molar-refractivity contribution >= 4 is 33.3 Å². The number of pyridine rings is 2. The zero-order chi connectivity index (χ0) is 17.0. The van der Waals surface area contributed by atoms with E-state index in [2.05, 4.69) is 43.1 Å². The standard InChI is InChI=1S/C16H15BrN4O2/c1-16(2,23)5-3-11-8-12(4-6-19-11)21-15(22)13-7-10(17)9-20-14(13)18/h4,6-9,23H,1-2H3,(H2,18,20)(H,19,21,22). The van der Waals surface area contributed by atoms with Crippen molar-refractivity contribution in [1.82, 2.24) is 9.97 Å². The highest BCUT2D eigenvalue weighted by Gasteiger charge is 2.12. The third-order valence-electron chi connectivity index (χ3n) is 2.64. The van der Waals surface area contributed by atoms with Crippen molar-refractivity contribution in [3.8, 4) is 11.8 Å². The topological polar surface area (TPSA) is 101 Å². The Hall–Kier alpha value is -2.43. The number of nitrogens with zero attached hydrogens (tertiary/aromatic N) is 2. The van der Waals surface area contributed by atoms with Gasteiger partial charge in [0.15, 0.2) is 0 Å². The number of carbonyl (C=O) groups excluding carboxylic acids is 1. The summed E-state index contributed by atoms with van der Waals surface area (Å²) in [5.74, 6) is 5.17. The molecule has 0 spiro atoms. The Morgan fingerprint density at radius 1 is 1.39 bits per heavy atom. The molecule has 0 unspecified atom stereocenters. The second-order valence-electron chi connectivity index (χ2n) is 5.28. The summed E-state index contributed by atoms with van der Waals surface area (Å²) in [4.78, 5) is 20.3. The van der Waals surface area contributed by atoms with E-state index in [0.29, 0.717) is 15.9 Å². The summed E-state index contributed by atoms with van der Waals surface area (Å²) < 4.78 is 0.656.